The SMILES string of the molecule is CCC1(CC)NC(=O)CCN(C2CCC(C)C2)C1=O. The van der Waals surface area contributed by atoms with Gasteiger partial charge in [0.05, 0.1) is 0 Å². The van der Waals surface area contributed by atoms with Crippen molar-refractivity contribution in [2.75, 3.05) is 6.54 Å². The molecule has 4 heteroatoms. The van der Waals surface area contributed by atoms with E-state index in [9.17, 15) is 9.59 Å². The van der Waals surface area contributed by atoms with Crippen LogP contribution in [0.15, 0.2) is 0 Å². The molecule has 0 aromatic rings. The molecule has 4 nitrogen and oxygen atoms in total. The zero-order valence-electron chi connectivity index (χ0n) is 12.4. The summed E-state index contributed by atoms with van der Waals surface area (Å²) in [6, 6.07) is 0.340. The molecule has 2 fully saturated rings. The lowest BCUT2D eigenvalue weighted by Crippen LogP contribution is -2.58. The van der Waals surface area contributed by atoms with E-state index in [1.54, 1.807) is 0 Å². The third-order valence-electron chi connectivity index (χ3n) is 4.94. The smallest absolute Gasteiger partial charge is 0.248 e. The molecule has 1 N–H and O–H groups in total. The summed E-state index contributed by atoms with van der Waals surface area (Å²) < 4.78 is 0. The summed E-state index contributed by atoms with van der Waals surface area (Å²) in [7, 11) is 0. The second kappa shape index (κ2) is 5.51. The highest BCUT2D eigenvalue weighted by molar-refractivity contribution is 5.93. The second-order valence-corrected chi connectivity index (χ2v) is 6.16. The first kappa shape index (κ1) is 14.4. The maximum atomic E-state index is 12.9. The predicted octanol–water partition coefficient (Wildman–Crippen LogP) is 2.08. The summed E-state index contributed by atoms with van der Waals surface area (Å²) in [6.07, 6.45) is 5.16. The number of nitrogens with zero attached hydrogens (tertiary/aromatic N) is 1. The van der Waals surface area contributed by atoms with Crippen LogP contribution in [0.25, 0.3) is 0 Å². The van der Waals surface area contributed by atoms with Crippen LogP contribution in [0.3, 0.4) is 0 Å². The van der Waals surface area contributed by atoms with Crippen molar-refractivity contribution in [2.24, 2.45) is 5.92 Å². The van der Waals surface area contributed by atoms with Crippen molar-refractivity contribution in [2.45, 2.75) is 70.9 Å². The molecular weight excluding hydrogens is 240 g/mol. The molecule has 2 atom stereocenters. The van der Waals surface area contributed by atoms with Gasteiger partial charge in [0.2, 0.25) is 11.8 Å². The molecule has 19 heavy (non-hydrogen) atoms. The van der Waals surface area contributed by atoms with Gasteiger partial charge in [-0.05, 0) is 38.0 Å². The normalized spacial score (nSPS) is 31.2. The van der Waals surface area contributed by atoms with E-state index in [0.717, 1.165) is 12.8 Å². The van der Waals surface area contributed by atoms with E-state index in [1.165, 1.54) is 6.42 Å². The summed E-state index contributed by atoms with van der Waals surface area (Å²) in [5.41, 5.74) is -0.667. The van der Waals surface area contributed by atoms with Crippen LogP contribution in [0, 0.1) is 5.92 Å². The summed E-state index contributed by atoms with van der Waals surface area (Å²) in [5.74, 6) is 0.857. The highest BCUT2D eigenvalue weighted by Gasteiger charge is 2.44. The van der Waals surface area contributed by atoms with E-state index >= 15 is 0 Å². The molecule has 0 bridgehead atoms. The van der Waals surface area contributed by atoms with Crippen molar-refractivity contribution in [1.82, 2.24) is 10.2 Å². The van der Waals surface area contributed by atoms with Crippen LogP contribution >= 0.6 is 0 Å². The Balaban J connectivity index is 2.23. The zero-order chi connectivity index (χ0) is 14.0. The predicted molar refractivity (Wildman–Crippen MR) is 74.6 cm³/mol. The van der Waals surface area contributed by atoms with Crippen LogP contribution in [-0.4, -0.2) is 34.8 Å². The van der Waals surface area contributed by atoms with Crippen molar-refractivity contribution in [3.63, 3.8) is 0 Å². The molecule has 2 amide bonds. The first-order valence-electron chi connectivity index (χ1n) is 7.64. The molecule has 1 aliphatic carbocycles. The molecule has 1 aliphatic heterocycles. The number of carbonyl (C=O) groups is 2. The minimum atomic E-state index is -0.667. The van der Waals surface area contributed by atoms with Gasteiger partial charge in [-0.15, -0.1) is 0 Å². The standard InChI is InChI=1S/C15H26N2O2/c1-4-15(5-2)14(19)17(9-8-13(18)16-15)12-7-6-11(3)10-12/h11-12H,4-10H2,1-3H3,(H,16,18). The van der Waals surface area contributed by atoms with E-state index in [2.05, 4.69) is 12.2 Å². The van der Waals surface area contributed by atoms with Gasteiger partial charge in [-0.2, -0.15) is 0 Å². The van der Waals surface area contributed by atoms with E-state index in [1.807, 2.05) is 18.7 Å². The third kappa shape index (κ3) is 2.63. The molecule has 1 saturated heterocycles. The number of amides is 2. The minimum Gasteiger partial charge on any atom is -0.342 e. The number of hydrogen-bond donors (Lipinski definition) is 1. The largest absolute Gasteiger partial charge is 0.342 e. The van der Waals surface area contributed by atoms with E-state index in [0.29, 0.717) is 37.8 Å². The highest BCUT2D eigenvalue weighted by Crippen LogP contribution is 2.32. The van der Waals surface area contributed by atoms with Crippen molar-refractivity contribution in [3.8, 4) is 0 Å². The van der Waals surface area contributed by atoms with Crippen LogP contribution < -0.4 is 5.32 Å². The molecule has 0 aromatic carbocycles. The lowest BCUT2D eigenvalue weighted by molar-refractivity contribution is -0.141. The Bertz CT molecular complexity index is 363. The molecule has 1 saturated carbocycles. The Morgan fingerprint density at radius 1 is 1.26 bits per heavy atom. The fraction of sp³-hybridized carbons (Fsp3) is 0.867. The van der Waals surface area contributed by atoms with Gasteiger partial charge >= 0.3 is 0 Å². The monoisotopic (exact) mass is 266 g/mol. The maximum absolute atomic E-state index is 12.9. The van der Waals surface area contributed by atoms with Crippen LogP contribution in [0.5, 0.6) is 0 Å². The summed E-state index contributed by atoms with van der Waals surface area (Å²) in [5, 5.41) is 2.98. The van der Waals surface area contributed by atoms with Crippen molar-refractivity contribution in [3.05, 3.63) is 0 Å². The van der Waals surface area contributed by atoms with E-state index < -0.39 is 5.54 Å². The van der Waals surface area contributed by atoms with E-state index in [4.69, 9.17) is 0 Å². The minimum absolute atomic E-state index is 0.0191. The first-order chi connectivity index (χ1) is 9.02. The summed E-state index contributed by atoms with van der Waals surface area (Å²) >= 11 is 0. The fourth-order valence-corrected chi connectivity index (χ4v) is 3.52. The summed E-state index contributed by atoms with van der Waals surface area (Å²) in [4.78, 5) is 26.8. The van der Waals surface area contributed by atoms with Gasteiger partial charge in [0.15, 0.2) is 0 Å². The molecular formula is C15H26N2O2. The Morgan fingerprint density at radius 2 is 1.95 bits per heavy atom. The third-order valence-corrected chi connectivity index (χ3v) is 4.94. The van der Waals surface area contributed by atoms with Crippen molar-refractivity contribution >= 4 is 11.8 Å². The average Bonchev–Trinajstić information content (AvgIpc) is 2.77. The fourth-order valence-electron chi connectivity index (χ4n) is 3.52. The summed E-state index contributed by atoms with van der Waals surface area (Å²) in [6.45, 7) is 6.81. The Morgan fingerprint density at radius 3 is 2.47 bits per heavy atom. The Kier molecular flexibility index (Phi) is 4.16. The zero-order valence-corrected chi connectivity index (χ0v) is 12.4. The van der Waals surface area contributed by atoms with Gasteiger partial charge in [0.25, 0.3) is 0 Å². The second-order valence-electron chi connectivity index (χ2n) is 6.16. The van der Waals surface area contributed by atoms with Gasteiger partial charge in [-0.3, -0.25) is 9.59 Å². The number of rotatable bonds is 3. The Hall–Kier alpha value is -1.06. The average molecular weight is 266 g/mol. The van der Waals surface area contributed by atoms with Gasteiger partial charge in [0, 0.05) is 19.0 Å². The topological polar surface area (TPSA) is 49.4 Å². The lowest BCUT2D eigenvalue weighted by Gasteiger charge is -2.36. The van der Waals surface area contributed by atoms with Crippen LogP contribution in [0.1, 0.15) is 59.3 Å². The highest BCUT2D eigenvalue weighted by atomic mass is 16.2. The number of hydrogen-bond acceptors (Lipinski definition) is 2. The molecule has 2 aliphatic rings. The quantitative estimate of drug-likeness (QED) is 0.850. The van der Waals surface area contributed by atoms with E-state index in [-0.39, 0.29) is 11.8 Å². The number of carbonyl (C=O) groups excluding carboxylic acids is 2. The van der Waals surface area contributed by atoms with Gasteiger partial charge in [0.1, 0.15) is 5.54 Å². The first-order valence-corrected chi connectivity index (χ1v) is 7.64. The van der Waals surface area contributed by atoms with Gasteiger partial charge in [-0.25, -0.2) is 0 Å². The van der Waals surface area contributed by atoms with Crippen molar-refractivity contribution in [1.29, 1.82) is 0 Å². The van der Waals surface area contributed by atoms with Crippen LogP contribution in [-0.2, 0) is 9.59 Å². The molecule has 108 valence electrons. The molecule has 0 spiro atoms. The Labute approximate surface area is 115 Å². The molecule has 2 unspecified atom stereocenters. The number of nitrogens with one attached hydrogen (secondary N) is 1. The van der Waals surface area contributed by atoms with Crippen LogP contribution in [0.4, 0.5) is 0 Å². The molecule has 1 heterocycles. The van der Waals surface area contributed by atoms with Gasteiger partial charge in [-0.1, -0.05) is 20.8 Å². The van der Waals surface area contributed by atoms with Gasteiger partial charge < -0.3 is 10.2 Å². The molecule has 0 radical (unpaired) electrons. The van der Waals surface area contributed by atoms with Crippen LogP contribution in [0.2, 0.25) is 0 Å². The molecule has 0 aromatic heterocycles. The van der Waals surface area contributed by atoms with Crippen molar-refractivity contribution < 1.29 is 9.59 Å². The maximum Gasteiger partial charge on any atom is 0.248 e. The molecule has 2 rings (SSSR count). The lowest BCUT2D eigenvalue weighted by atomic mass is 9.90.